The quantitative estimate of drug-likeness (QED) is 0.512. The van der Waals surface area contributed by atoms with Gasteiger partial charge in [0.2, 0.25) is 5.72 Å². The smallest absolute Gasteiger partial charge is 0.223 e. The van der Waals surface area contributed by atoms with Crippen LogP contribution in [0.2, 0.25) is 0 Å². The lowest BCUT2D eigenvalue weighted by molar-refractivity contribution is -0.0782. The summed E-state index contributed by atoms with van der Waals surface area (Å²) in [4.78, 5) is 11.7. The molecule has 1 unspecified atom stereocenters. The highest BCUT2D eigenvalue weighted by atomic mass is 16.5. The number of methoxy groups -OCH3 is 1. The van der Waals surface area contributed by atoms with Gasteiger partial charge in [0.1, 0.15) is 0 Å². The largest absolute Gasteiger partial charge is 0.349 e. The zero-order valence-electron chi connectivity index (χ0n) is 14.3. The second kappa shape index (κ2) is 6.82. The van der Waals surface area contributed by atoms with Gasteiger partial charge < -0.3 is 4.74 Å². The number of rotatable bonds is 5. The van der Waals surface area contributed by atoms with Crippen molar-refractivity contribution in [3.8, 4) is 0 Å². The van der Waals surface area contributed by atoms with Crippen LogP contribution in [0.1, 0.15) is 22.8 Å². The van der Waals surface area contributed by atoms with E-state index in [9.17, 15) is 4.79 Å². The fourth-order valence-electron chi connectivity index (χ4n) is 2.74. The molecule has 0 saturated carbocycles. The maximum absolute atomic E-state index is 11.7. The Bertz CT molecular complexity index is 849. The monoisotopic (exact) mass is 337 g/mol. The van der Waals surface area contributed by atoms with Gasteiger partial charge in [-0.25, -0.2) is 5.01 Å². The first kappa shape index (κ1) is 16.8. The molecule has 1 N–H and O–H groups in total. The van der Waals surface area contributed by atoms with E-state index in [1.807, 2.05) is 36.4 Å². The van der Waals surface area contributed by atoms with Crippen LogP contribution in [0.5, 0.6) is 0 Å². The summed E-state index contributed by atoms with van der Waals surface area (Å²) in [7, 11) is 3.35. The number of anilines is 1. The molecule has 0 amide bonds. The molecule has 0 aliphatic carbocycles. The van der Waals surface area contributed by atoms with Crippen LogP contribution in [0.4, 0.5) is 11.4 Å². The van der Waals surface area contributed by atoms with Crippen LogP contribution in [0.15, 0.2) is 64.0 Å². The number of hydrogen-bond donors (Lipinski definition) is 1. The lowest BCUT2D eigenvalue weighted by atomic mass is 10.0. The van der Waals surface area contributed by atoms with Crippen LogP contribution >= 0.6 is 0 Å². The maximum Gasteiger partial charge on any atom is 0.223 e. The average molecular weight is 337 g/mol. The number of nitrogens with zero attached hydrogens (tertiary/aromatic N) is 4. The predicted octanol–water partition coefficient (Wildman–Crippen LogP) is 3.73. The third-order valence-corrected chi connectivity index (χ3v) is 4.10. The van der Waals surface area contributed by atoms with Gasteiger partial charge in [-0.05, 0) is 25.1 Å². The molecular weight excluding hydrogens is 318 g/mol. The molecule has 3 rings (SSSR count). The van der Waals surface area contributed by atoms with Crippen LogP contribution in [0.3, 0.4) is 0 Å². The van der Waals surface area contributed by atoms with Crippen LogP contribution in [-0.2, 0) is 10.5 Å². The Morgan fingerprint density at radius 2 is 1.96 bits per heavy atom. The number of ether oxygens (including phenoxy) is 1. The average Bonchev–Trinajstić information content (AvgIpc) is 2.64. The van der Waals surface area contributed by atoms with Crippen molar-refractivity contribution in [2.45, 2.75) is 12.6 Å². The summed E-state index contributed by atoms with van der Waals surface area (Å²) in [6.45, 7) is 1.52. The van der Waals surface area contributed by atoms with E-state index >= 15 is 0 Å². The number of para-hydroxylation sites is 1. The van der Waals surface area contributed by atoms with Crippen LogP contribution in [0.25, 0.3) is 0 Å². The van der Waals surface area contributed by atoms with Crippen molar-refractivity contribution in [2.24, 2.45) is 15.4 Å². The van der Waals surface area contributed by atoms with Crippen molar-refractivity contribution in [3.63, 3.8) is 0 Å². The Morgan fingerprint density at radius 3 is 2.72 bits per heavy atom. The number of benzene rings is 2. The summed E-state index contributed by atoms with van der Waals surface area (Å²) >= 11 is 0. The van der Waals surface area contributed by atoms with Gasteiger partial charge in [0.05, 0.1) is 17.6 Å². The summed E-state index contributed by atoms with van der Waals surface area (Å²) in [5.74, 6) is -0.0336. The highest BCUT2D eigenvalue weighted by Crippen LogP contribution is 2.38. The van der Waals surface area contributed by atoms with E-state index in [0.29, 0.717) is 11.3 Å². The number of carbonyl (C=O) groups is 1. The molecule has 0 saturated heterocycles. The van der Waals surface area contributed by atoms with E-state index in [4.69, 9.17) is 4.74 Å². The second-order valence-electron chi connectivity index (χ2n) is 5.60. The normalized spacial score (nSPS) is 19.1. The minimum Gasteiger partial charge on any atom is -0.349 e. The number of nitrogens with one attached hydrogen (secondary N) is 1. The number of hydrogen-bond acceptors (Lipinski definition) is 7. The topological polar surface area (TPSA) is 78.6 Å². The summed E-state index contributed by atoms with van der Waals surface area (Å²) in [6.07, 6.45) is 1.61. The molecule has 0 aromatic heterocycles. The van der Waals surface area contributed by atoms with Gasteiger partial charge in [0.25, 0.3) is 0 Å². The van der Waals surface area contributed by atoms with E-state index in [1.165, 1.54) is 6.92 Å². The molecule has 0 bridgehead atoms. The molecule has 7 heteroatoms. The van der Waals surface area contributed by atoms with Crippen LogP contribution in [0, 0.1) is 0 Å². The van der Waals surface area contributed by atoms with Gasteiger partial charge in [-0.15, -0.1) is 5.11 Å². The van der Waals surface area contributed by atoms with Crippen LogP contribution in [-0.4, -0.2) is 31.2 Å². The zero-order valence-corrected chi connectivity index (χ0v) is 14.3. The minimum atomic E-state index is -0.990. The zero-order chi connectivity index (χ0) is 17.9. The standard InChI is InChI=1S/C18H19N5O2/c1-13(24)14-8-4-6-10-16(14)20-19-12-18(25-3)15-9-5-7-11-17(15)21-22-23(18)2/h4-12,20H,1-3H3/b19-12+. The molecule has 25 heavy (non-hydrogen) atoms. The highest BCUT2D eigenvalue weighted by Gasteiger charge is 2.40. The van der Waals surface area contributed by atoms with Crippen molar-refractivity contribution < 1.29 is 9.53 Å². The summed E-state index contributed by atoms with van der Waals surface area (Å²) in [5.41, 5.74) is 4.69. The van der Waals surface area contributed by atoms with Gasteiger partial charge in [0, 0.05) is 25.3 Å². The molecule has 0 spiro atoms. The number of ketones is 1. The number of fused-ring (bicyclic) bond motifs is 1. The lowest BCUT2D eigenvalue weighted by Gasteiger charge is -2.37. The first-order valence-corrected chi connectivity index (χ1v) is 7.79. The fourth-order valence-corrected chi connectivity index (χ4v) is 2.74. The van der Waals surface area contributed by atoms with E-state index in [0.717, 1.165) is 11.3 Å². The fraction of sp³-hybridized carbons (Fsp3) is 0.222. The van der Waals surface area contributed by atoms with E-state index in [2.05, 4.69) is 20.9 Å². The van der Waals surface area contributed by atoms with E-state index in [-0.39, 0.29) is 5.78 Å². The molecule has 1 heterocycles. The molecule has 2 aromatic carbocycles. The Kier molecular flexibility index (Phi) is 4.58. The third kappa shape index (κ3) is 3.01. The molecule has 7 nitrogen and oxygen atoms in total. The molecular formula is C18H19N5O2. The molecule has 2 aromatic rings. The predicted molar refractivity (Wildman–Crippen MR) is 96.0 cm³/mol. The minimum absolute atomic E-state index is 0.0336. The van der Waals surface area contributed by atoms with Gasteiger partial charge in [-0.3, -0.25) is 10.2 Å². The first-order valence-electron chi connectivity index (χ1n) is 7.79. The van der Waals surface area contributed by atoms with Crippen molar-refractivity contribution in [3.05, 3.63) is 59.7 Å². The Balaban J connectivity index is 1.94. The molecule has 128 valence electrons. The lowest BCUT2D eigenvalue weighted by Crippen LogP contribution is -2.45. The molecule has 1 aliphatic rings. The molecule has 1 aliphatic heterocycles. The van der Waals surface area contributed by atoms with Crippen molar-refractivity contribution in [1.82, 2.24) is 5.01 Å². The molecule has 1 atom stereocenters. The van der Waals surface area contributed by atoms with Gasteiger partial charge in [-0.1, -0.05) is 35.6 Å². The van der Waals surface area contributed by atoms with Gasteiger partial charge in [-0.2, -0.15) is 5.10 Å². The highest BCUT2D eigenvalue weighted by molar-refractivity contribution is 5.99. The van der Waals surface area contributed by atoms with Crippen molar-refractivity contribution in [1.29, 1.82) is 0 Å². The number of carbonyl (C=O) groups excluding carboxylic acids is 1. The van der Waals surface area contributed by atoms with E-state index < -0.39 is 5.72 Å². The Hall–Kier alpha value is -3.06. The van der Waals surface area contributed by atoms with Gasteiger partial charge in [0.15, 0.2) is 5.78 Å². The SMILES string of the molecule is COC1(/C=N/Nc2ccccc2C(C)=O)c2ccccc2N=NN1C. The molecule has 0 fully saturated rings. The summed E-state index contributed by atoms with van der Waals surface area (Å²) in [5, 5.41) is 14.2. The summed E-state index contributed by atoms with van der Waals surface area (Å²) < 4.78 is 5.75. The Morgan fingerprint density at radius 1 is 1.24 bits per heavy atom. The third-order valence-electron chi connectivity index (χ3n) is 4.10. The summed E-state index contributed by atoms with van der Waals surface area (Å²) in [6, 6.07) is 14.8. The second-order valence-corrected chi connectivity index (χ2v) is 5.60. The first-order chi connectivity index (χ1) is 12.1. The van der Waals surface area contributed by atoms with Crippen molar-refractivity contribution >= 4 is 23.4 Å². The Labute approximate surface area is 146 Å². The maximum atomic E-state index is 11.7. The van der Waals surface area contributed by atoms with Crippen molar-refractivity contribution in [2.75, 3.05) is 19.6 Å². The molecule has 0 radical (unpaired) electrons. The number of Topliss-reactive ketones (excluding diaryl/α,β-unsaturated/α-hetero) is 1. The van der Waals surface area contributed by atoms with Gasteiger partial charge >= 0.3 is 0 Å². The number of hydrazone groups is 1. The van der Waals surface area contributed by atoms with Crippen LogP contribution < -0.4 is 5.43 Å². The van der Waals surface area contributed by atoms with E-state index in [1.54, 1.807) is 37.5 Å².